The van der Waals surface area contributed by atoms with Crippen LogP contribution in [-0.4, -0.2) is 63.3 Å². The van der Waals surface area contributed by atoms with Gasteiger partial charge in [0, 0.05) is 31.2 Å². The summed E-state index contributed by atoms with van der Waals surface area (Å²) in [5, 5.41) is 7.07. The number of H-pyrrole nitrogens is 1. The van der Waals surface area contributed by atoms with E-state index < -0.39 is 0 Å². The van der Waals surface area contributed by atoms with E-state index in [4.69, 9.17) is 4.74 Å². The fourth-order valence-corrected chi connectivity index (χ4v) is 3.58. The number of carbonyl (C=O) groups is 1. The van der Waals surface area contributed by atoms with E-state index in [9.17, 15) is 4.79 Å². The van der Waals surface area contributed by atoms with Gasteiger partial charge in [0.05, 0.1) is 19.4 Å². The number of benzene rings is 1. The van der Waals surface area contributed by atoms with Crippen LogP contribution in [-0.2, 0) is 4.74 Å². The summed E-state index contributed by atoms with van der Waals surface area (Å²) in [7, 11) is 0. The van der Waals surface area contributed by atoms with Gasteiger partial charge in [0.2, 0.25) is 5.95 Å². The van der Waals surface area contributed by atoms with E-state index in [1.165, 1.54) is 0 Å². The first-order valence-electron chi connectivity index (χ1n) is 10.8. The number of anilines is 3. The molecule has 1 saturated heterocycles. The molecule has 1 aromatic carbocycles. The number of imidazole rings is 1. The van der Waals surface area contributed by atoms with Gasteiger partial charge < -0.3 is 19.9 Å². The SMILES string of the molecule is Cc1cccc(/C=N/Nc2nc(N3CCOCC3)c3[nH]c(C(=O)Nc4ccncc4)nc3n2)c1. The van der Waals surface area contributed by atoms with Gasteiger partial charge in [0.15, 0.2) is 17.3 Å². The Balaban J connectivity index is 1.45. The Morgan fingerprint density at radius 1 is 1.15 bits per heavy atom. The molecule has 0 bridgehead atoms. The van der Waals surface area contributed by atoms with Crippen LogP contribution in [0.2, 0.25) is 0 Å². The number of pyridine rings is 1. The third-order valence-electron chi connectivity index (χ3n) is 5.22. The summed E-state index contributed by atoms with van der Waals surface area (Å²) in [5.74, 6) is 0.669. The van der Waals surface area contributed by atoms with Crippen molar-refractivity contribution < 1.29 is 9.53 Å². The number of ether oxygens (including phenoxy) is 1. The van der Waals surface area contributed by atoms with Crippen LogP contribution in [0, 0.1) is 6.92 Å². The van der Waals surface area contributed by atoms with Crippen molar-refractivity contribution >= 4 is 40.7 Å². The minimum Gasteiger partial charge on any atom is -0.378 e. The summed E-state index contributed by atoms with van der Waals surface area (Å²) in [5.41, 5.74) is 6.55. The molecule has 0 saturated carbocycles. The molecule has 0 unspecified atom stereocenters. The van der Waals surface area contributed by atoms with Gasteiger partial charge in [-0.3, -0.25) is 9.78 Å². The molecular formula is C23H23N9O2. The number of aryl methyl sites for hydroxylation is 1. The molecule has 1 aliphatic rings. The van der Waals surface area contributed by atoms with E-state index in [0.717, 1.165) is 11.1 Å². The van der Waals surface area contributed by atoms with Gasteiger partial charge in [0.25, 0.3) is 5.91 Å². The predicted octanol–water partition coefficient (Wildman–Crippen LogP) is 2.59. The second-order valence-electron chi connectivity index (χ2n) is 7.73. The Morgan fingerprint density at radius 3 is 2.76 bits per heavy atom. The first kappa shape index (κ1) is 21.5. The molecule has 4 heterocycles. The third kappa shape index (κ3) is 4.84. The number of hydrazone groups is 1. The van der Waals surface area contributed by atoms with Crippen LogP contribution in [0.15, 0.2) is 53.9 Å². The monoisotopic (exact) mass is 457 g/mol. The van der Waals surface area contributed by atoms with Crippen LogP contribution in [0.4, 0.5) is 17.5 Å². The first-order chi connectivity index (χ1) is 16.7. The summed E-state index contributed by atoms with van der Waals surface area (Å²) in [6.07, 6.45) is 4.91. The minimum absolute atomic E-state index is 0.135. The van der Waals surface area contributed by atoms with Crippen LogP contribution in [0.5, 0.6) is 0 Å². The molecule has 4 aromatic rings. The van der Waals surface area contributed by atoms with Crippen molar-refractivity contribution in [1.82, 2.24) is 24.9 Å². The van der Waals surface area contributed by atoms with Crippen molar-refractivity contribution in [3.05, 3.63) is 65.7 Å². The van der Waals surface area contributed by atoms with E-state index in [1.54, 1.807) is 30.7 Å². The zero-order chi connectivity index (χ0) is 23.3. The van der Waals surface area contributed by atoms with Gasteiger partial charge in [-0.2, -0.15) is 15.1 Å². The Morgan fingerprint density at radius 2 is 1.97 bits per heavy atom. The molecular weight excluding hydrogens is 434 g/mol. The number of nitrogens with one attached hydrogen (secondary N) is 3. The van der Waals surface area contributed by atoms with Gasteiger partial charge in [-0.15, -0.1) is 0 Å². The lowest BCUT2D eigenvalue weighted by Crippen LogP contribution is -2.37. The molecule has 172 valence electrons. The van der Waals surface area contributed by atoms with Gasteiger partial charge in [-0.05, 0) is 24.6 Å². The molecule has 34 heavy (non-hydrogen) atoms. The zero-order valence-corrected chi connectivity index (χ0v) is 18.5. The quantitative estimate of drug-likeness (QED) is 0.297. The van der Waals surface area contributed by atoms with Crippen LogP contribution in [0.1, 0.15) is 21.7 Å². The van der Waals surface area contributed by atoms with E-state index in [-0.39, 0.29) is 17.7 Å². The van der Waals surface area contributed by atoms with Gasteiger partial charge in [-0.25, -0.2) is 10.4 Å². The molecule has 0 atom stereocenters. The highest BCUT2D eigenvalue weighted by atomic mass is 16.5. The molecule has 3 aromatic heterocycles. The average Bonchev–Trinajstić information content (AvgIpc) is 3.29. The highest BCUT2D eigenvalue weighted by molar-refractivity contribution is 6.04. The fraction of sp³-hybridized carbons (Fsp3) is 0.217. The van der Waals surface area contributed by atoms with Crippen molar-refractivity contribution in [2.45, 2.75) is 6.92 Å². The highest BCUT2D eigenvalue weighted by Gasteiger charge is 2.22. The molecule has 1 fully saturated rings. The number of morpholine rings is 1. The smallest absolute Gasteiger partial charge is 0.291 e. The molecule has 0 radical (unpaired) electrons. The molecule has 0 aliphatic carbocycles. The van der Waals surface area contributed by atoms with E-state index in [1.807, 2.05) is 31.2 Å². The normalized spacial score (nSPS) is 14.0. The van der Waals surface area contributed by atoms with Gasteiger partial charge in [-0.1, -0.05) is 29.8 Å². The lowest BCUT2D eigenvalue weighted by Gasteiger charge is -2.28. The third-order valence-corrected chi connectivity index (χ3v) is 5.22. The van der Waals surface area contributed by atoms with Crippen molar-refractivity contribution in [2.75, 3.05) is 41.9 Å². The van der Waals surface area contributed by atoms with Crippen molar-refractivity contribution in [1.29, 1.82) is 0 Å². The van der Waals surface area contributed by atoms with E-state index in [2.05, 4.69) is 45.7 Å². The van der Waals surface area contributed by atoms with Crippen LogP contribution < -0.4 is 15.6 Å². The van der Waals surface area contributed by atoms with Crippen LogP contribution in [0.25, 0.3) is 11.2 Å². The maximum Gasteiger partial charge on any atom is 0.291 e. The lowest BCUT2D eigenvalue weighted by molar-refractivity contribution is 0.101. The molecule has 11 nitrogen and oxygen atoms in total. The average molecular weight is 457 g/mol. The predicted molar refractivity (Wildman–Crippen MR) is 129 cm³/mol. The lowest BCUT2D eigenvalue weighted by atomic mass is 10.2. The van der Waals surface area contributed by atoms with Gasteiger partial charge in [0.1, 0.15) is 5.52 Å². The molecule has 0 spiro atoms. The van der Waals surface area contributed by atoms with Crippen molar-refractivity contribution in [2.24, 2.45) is 5.10 Å². The topological polar surface area (TPSA) is 133 Å². The van der Waals surface area contributed by atoms with Crippen LogP contribution in [0.3, 0.4) is 0 Å². The summed E-state index contributed by atoms with van der Waals surface area (Å²) < 4.78 is 5.48. The molecule has 1 amide bonds. The maximum absolute atomic E-state index is 12.8. The van der Waals surface area contributed by atoms with Crippen LogP contribution >= 0.6 is 0 Å². The first-order valence-corrected chi connectivity index (χ1v) is 10.8. The second kappa shape index (κ2) is 9.63. The number of fused-ring (bicyclic) bond motifs is 1. The summed E-state index contributed by atoms with van der Waals surface area (Å²) in [6.45, 7) is 4.52. The minimum atomic E-state index is -0.385. The number of hydrogen-bond donors (Lipinski definition) is 3. The zero-order valence-electron chi connectivity index (χ0n) is 18.5. The molecule has 11 heteroatoms. The summed E-state index contributed by atoms with van der Waals surface area (Å²) in [6, 6.07) is 11.4. The molecule has 5 rings (SSSR count). The van der Waals surface area contributed by atoms with E-state index >= 15 is 0 Å². The highest BCUT2D eigenvalue weighted by Crippen LogP contribution is 2.25. The number of hydrogen-bond acceptors (Lipinski definition) is 9. The van der Waals surface area contributed by atoms with Crippen molar-refractivity contribution in [3.8, 4) is 0 Å². The fourth-order valence-electron chi connectivity index (χ4n) is 3.58. The largest absolute Gasteiger partial charge is 0.378 e. The van der Waals surface area contributed by atoms with Gasteiger partial charge >= 0.3 is 0 Å². The number of nitrogens with zero attached hydrogens (tertiary/aromatic N) is 6. The Bertz CT molecular complexity index is 1330. The summed E-state index contributed by atoms with van der Waals surface area (Å²) >= 11 is 0. The number of aromatic amines is 1. The number of carbonyl (C=O) groups excluding carboxylic acids is 1. The Labute approximate surface area is 195 Å². The number of rotatable bonds is 6. The summed E-state index contributed by atoms with van der Waals surface area (Å²) in [4.78, 5) is 35.4. The Kier molecular flexibility index (Phi) is 6.08. The van der Waals surface area contributed by atoms with E-state index in [0.29, 0.717) is 49.0 Å². The molecule has 1 aliphatic heterocycles. The number of amides is 1. The molecule has 3 N–H and O–H groups in total. The second-order valence-corrected chi connectivity index (χ2v) is 7.73. The number of aromatic nitrogens is 5. The standard InChI is InChI=1S/C23H23N9O2/c1-15-3-2-4-16(13-15)14-25-31-23-29-19-18(21(30-23)32-9-11-34-12-10-32)27-20(28-19)22(33)26-17-5-7-24-8-6-17/h2-8,13-14H,9-12H2,1H3,(H,24,26,33)(H2,27,28,29,30,31)/b25-14+. The van der Waals surface area contributed by atoms with Crippen molar-refractivity contribution in [3.63, 3.8) is 0 Å². The Hall–Kier alpha value is -4.38. The maximum atomic E-state index is 12.8.